The smallest absolute Gasteiger partial charge is 0.0622 e. The first kappa shape index (κ1) is 10.0. The molecule has 0 radical (unpaired) electrons. The molecule has 0 spiro atoms. The van der Waals surface area contributed by atoms with Crippen molar-refractivity contribution in [3.8, 4) is 0 Å². The van der Waals surface area contributed by atoms with E-state index in [4.69, 9.17) is 4.74 Å². The van der Waals surface area contributed by atoms with Crippen LogP contribution >= 0.6 is 0 Å². The molecular weight excluding hydrogens is 150 g/mol. The van der Waals surface area contributed by atoms with Crippen LogP contribution in [0, 0.1) is 0 Å². The van der Waals surface area contributed by atoms with E-state index in [0.717, 1.165) is 19.8 Å². The molecule has 0 N–H and O–H groups in total. The normalized spacial score (nSPS) is 26.0. The van der Waals surface area contributed by atoms with Crippen LogP contribution in [0.25, 0.3) is 0 Å². The van der Waals surface area contributed by atoms with Gasteiger partial charge in [-0.15, -0.1) is 0 Å². The van der Waals surface area contributed by atoms with Crippen LogP contribution < -0.4 is 0 Å². The van der Waals surface area contributed by atoms with Crippen molar-refractivity contribution in [1.82, 2.24) is 4.90 Å². The maximum absolute atomic E-state index is 5.47. The second-order valence-corrected chi connectivity index (χ2v) is 3.55. The minimum atomic E-state index is 0.698. The van der Waals surface area contributed by atoms with Crippen molar-refractivity contribution in [2.24, 2.45) is 0 Å². The summed E-state index contributed by atoms with van der Waals surface area (Å²) < 4.78 is 5.47. The van der Waals surface area contributed by atoms with E-state index in [1.807, 2.05) is 0 Å². The second-order valence-electron chi connectivity index (χ2n) is 3.55. The summed E-state index contributed by atoms with van der Waals surface area (Å²) in [4.78, 5) is 2.58. The lowest BCUT2D eigenvalue weighted by molar-refractivity contribution is -0.0103. The van der Waals surface area contributed by atoms with Crippen molar-refractivity contribution in [2.45, 2.75) is 39.2 Å². The standard InChI is InChI=1S/C10H21NO/c1-3-5-10-9-12-8-7-11(10)6-4-2/h10H,3-9H2,1-2H3. The van der Waals surface area contributed by atoms with Gasteiger partial charge in [0.15, 0.2) is 0 Å². The maximum atomic E-state index is 5.47. The Morgan fingerprint density at radius 2 is 2.17 bits per heavy atom. The van der Waals surface area contributed by atoms with E-state index in [1.54, 1.807) is 0 Å². The molecular formula is C10H21NO. The average Bonchev–Trinajstić information content (AvgIpc) is 2.09. The monoisotopic (exact) mass is 171 g/mol. The zero-order valence-electron chi connectivity index (χ0n) is 8.38. The lowest BCUT2D eigenvalue weighted by Crippen LogP contribution is -2.45. The fourth-order valence-corrected chi connectivity index (χ4v) is 1.87. The lowest BCUT2D eigenvalue weighted by atomic mass is 10.1. The molecule has 0 aromatic carbocycles. The number of hydrogen-bond acceptors (Lipinski definition) is 2. The van der Waals surface area contributed by atoms with Crippen molar-refractivity contribution in [2.75, 3.05) is 26.3 Å². The van der Waals surface area contributed by atoms with Crippen LogP contribution in [0.2, 0.25) is 0 Å². The maximum Gasteiger partial charge on any atom is 0.0622 e. The summed E-state index contributed by atoms with van der Waals surface area (Å²) in [6, 6.07) is 0.698. The van der Waals surface area contributed by atoms with Crippen molar-refractivity contribution in [3.63, 3.8) is 0 Å². The second kappa shape index (κ2) is 5.55. The molecule has 1 unspecified atom stereocenters. The SMILES string of the molecule is CCCC1COCCN1CCC. The molecule has 12 heavy (non-hydrogen) atoms. The van der Waals surface area contributed by atoms with E-state index in [9.17, 15) is 0 Å². The van der Waals surface area contributed by atoms with Gasteiger partial charge in [0.05, 0.1) is 13.2 Å². The molecule has 1 aliphatic heterocycles. The van der Waals surface area contributed by atoms with Crippen LogP contribution in [0.3, 0.4) is 0 Å². The molecule has 2 nitrogen and oxygen atoms in total. The molecule has 0 aliphatic carbocycles. The highest BCUT2D eigenvalue weighted by Crippen LogP contribution is 2.12. The van der Waals surface area contributed by atoms with Crippen LogP contribution in [0.1, 0.15) is 33.1 Å². The Morgan fingerprint density at radius 1 is 1.33 bits per heavy atom. The molecule has 72 valence electrons. The van der Waals surface area contributed by atoms with E-state index in [2.05, 4.69) is 18.7 Å². The molecule has 2 heteroatoms. The van der Waals surface area contributed by atoms with E-state index < -0.39 is 0 Å². The van der Waals surface area contributed by atoms with Gasteiger partial charge in [-0.1, -0.05) is 20.3 Å². The van der Waals surface area contributed by atoms with Crippen molar-refractivity contribution >= 4 is 0 Å². The third-order valence-electron chi connectivity index (χ3n) is 2.48. The van der Waals surface area contributed by atoms with Crippen LogP contribution in [-0.4, -0.2) is 37.2 Å². The van der Waals surface area contributed by atoms with Crippen LogP contribution in [0.5, 0.6) is 0 Å². The Bertz CT molecular complexity index is 98.4. The Balaban J connectivity index is 2.31. The summed E-state index contributed by atoms with van der Waals surface area (Å²) in [7, 11) is 0. The minimum absolute atomic E-state index is 0.698. The van der Waals surface area contributed by atoms with Gasteiger partial charge in [0, 0.05) is 12.6 Å². The number of hydrogen-bond donors (Lipinski definition) is 0. The predicted molar refractivity (Wildman–Crippen MR) is 51.4 cm³/mol. The van der Waals surface area contributed by atoms with Gasteiger partial charge in [0.25, 0.3) is 0 Å². The summed E-state index contributed by atoms with van der Waals surface area (Å²) >= 11 is 0. The van der Waals surface area contributed by atoms with E-state index in [-0.39, 0.29) is 0 Å². The van der Waals surface area contributed by atoms with Gasteiger partial charge in [0.2, 0.25) is 0 Å². The molecule has 1 fully saturated rings. The highest BCUT2D eigenvalue weighted by Gasteiger charge is 2.20. The molecule has 0 saturated carbocycles. The molecule has 1 rings (SSSR count). The van der Waals surface area contributed by atoms with Gasteiger partial charge in [-0.3, -0.25) is 4.90 Å². The highest BCUT2D eigenvalue weighted by molar-refractivity contribution is 4.74. The van der Waals surface area contributed by atoms with Crippen LogP contribution in [-0.2, 0) is 4.74 Å². The third-order valence-corrected chi connectivity index (χ3v) is 2.48. The van der Waals surface area contributed by atoms with Gasteiger partial charge in [-0.25, -0.2) is 0 Å². The largest absolute Gasteiger partial charge is 0.378 e. The number of nitrogens with zero attached hydrogens (tertiary/aromatic N) is 1. The summed E-state index contributed by atoms with van der Waals surface area (Å²) in [5.41, 5.74) is 0. The van der Waals surface area contributed by atoms with Gasteiger partial charge in [-0.05, 0) is 19.4 Å². The van der Waals surface area contributed by atoms with Gasteiger partial charge >= 0.3 is 0 Å². The molecule has 0 amide bonds. The molecule has 1 atom stereocenters. The topological polar surface area (TPSA) is 12.5 Å². The van der Waals surface area contributed by atoms with Crippen LogP contribution in [0.4, 0.5) is 0 Å². The average molecular weight is 171 g/mol. The van der Waals surface area contributed by atoms with E-state index >= 15 is 0 Å². The number of rotatable bonds is 4. The molecule has 1 saturated heterocycles. The van der Waals surface area contributed by atoms with Crippen molar-refractivity contribution < 1.29 is 4.74 Å². The molecule has 0 aromatic heterocycles. The number of ether oxygens (including phenoxy) is 1. The van der Waals surface area contributed by atoms with E-state index in [0.29, 0.717) is 6.04 Å². The van der Waals surface area contributed by atoms with Crippen molar-refractivity contribution in [1.29, 1.82) is 0 Å². The molecule has 1 aliphatic rings. The highest BCUT2D eigenvalue weighted by atomic mass is 16.5. The fraction of sp³-hybridized carbons (Fsp3) is 1.00. The summed E-state index contributed by atoms with van der Waals surface area (Å²) in [6.45, 7) is 8.76. The Kier molecular flexibility index (Phi) is 4.62. The summed E-state index contributed by atoms with van der Waals surface area (Å²) in [6.07, 6.45) is 3.83. The van der Waals surface area contributed by atoms with Gasteiger partial charge < -0.3 is 4.74 Å². The molecule has 1 heterocycles. The lowest BCUT2D eigenvalue weighted by Gasteiger charge is -2.35. The van der Waals surface area contributed by atoms with E-state index in [1.165, 1.54) is 25.8 Å². The first-order chi connectivity index (χ1) is 5.88. The quantitative estimate of drug-likeness (QED) is 0.640. The predicted octanol–water partition coefficient (Wildman–Crippen LogP) is 1.90. The third kappa shape index (κ3) is 2.76. The number of morpholine rings is 1. The van der Waals surface area contributed by atoms with Crippen LogP contribution in [0.15, 0.2) is 0 Å². The summed E-state index contributed by atoms with van der Waals surface area (Å²) in [5.74, 6) is 0. The Morgan fingerprint density at radius 3 is 2.83 bits per heavy atom. The zero-order chi connectivity index (χ0) is 8.81. The first-order valence-corrected chi connectivity index (χ1v) is 5.20. The Hall–Kier alpha value is -0.0800. The van der Waals surface area contributed by atoms with Gasteiger partial charge in [0.1, 0.15) is 0 Å². The first-order valence-electron chi connectivity index (χ1n) is 5.20. The molecule has 0 aromatic rings. The molecule has 0 bridgehead atoms. The fourth-order valence-electron chi connectivity index (χ4n) is 1.87. The van der Waals surface area contributed by atoms with Crippen molar-refractivity contribution in [3.05, 3.63) is 0 Å². The van der Waals surface area contributed by atoms with Gasteiger partial charge in [-0.2, -0.15) is 0 Å². The zero-order valence-corrected chi connectivity index (χ0v) is 8.38. The summed E-state index contributed by atoms with van der Waals surface area (Å²) in [5, 5.41) is 0. The minimum Gasteiger partial charge on any atom is -0.378 e. The Labute approximate surface area is 75.9 Å².